The third-order valence-electron chi connectivity index (χ3n) is 4.22. The minimum absolute atomic E-state index is 0.657. The third-order valence-corrected chi connectivity index (χ3v) is 4.22. The van der Waals surface area contributed by atoms with Gasteiger partial charge in [0.25, 0.3) is 0 Å². The second-order valence-corrected chi connectivity index (χ2v) is 5.49. The largest absolute Gasteiger partial charge is 0.312 e. The molecule has 0 fully saturated rings. The lowest BCUT2D eigenvalue weighted by Crippen LogP contribution is -2.28. The minimum Gasteiger partial charge on any atom is -0.312 e. The van der Waals surface area contributed by atoms with Crippen molar-refractivity contribution in [3.05, 3.63) is 70.8 Å². The van der Waals surface area contributed by atoms with Gasteiger partial charge >= 0.3 is 0 Å². The van der Waals surface area contributed by atoms with Gasteiger partial charge in [-0.3, -0.25) is 0 Å². The Labute approximate surface area is 115 Å². The lowest BCUT2D eigenvalue weighted by Gasteiger charge is -2.26. The molecule has 0 saturated heterocycles. The van der Waals surface area contributed by atoms with E-state index in [-0.39, 0.29) is 0 Å². The van der Waals surface area contributed by atoms with Crippen LogP contribution in [0.3, 0.4) is 0 Å². The SMILES string of the molecule is Cc1ccccc1CCC1CNCc2ccccc21. The lowest BCUT2D eigenvalue weighted by molar-refractivity contribution is 0.514. The number of hydrogen-bond acceptors (Lipinski definition) is 1. The molecule has 0 spiro atoms. The fourth-order valence-electron chi connectivity index (χ4n) is 3.06. The van der Waals surface area contributed by atoms with Gasteiger partial charge in [0.15, 0.2) is 0 Å². The van der Waals surface area contributed by atoms with Crippen LogP contribution in [0.2, 0.25) is 0 Å². The average molecular weight is 251 g/mol. The molecule has 1 aliphatic rings. The number of aryl methyl sites for hydroxylation is 2. The second kappa shape index (κ2) is 5.58. The Morgan fingerprint density at radius 3 is 2.74 bits per heavy atom. The molecule has 0 aromatic heterocycles. The Bertz CT molecular complexity index is 559. The van der Waals surface area contributed by atoms with Crippen molar-refractivity contribution < 1.29 is 0 Å². The molecule has 1 heterocycles. The highest BCUT2D eigenvalue weighted by Crippen LogP contribution is 2.28. The van der Waals surface area contributed by atoms with E-state index in [0.717, 1.165) is 13.1 Å². The van der Waals surface area contributed by atoms with E-state index in [0.29, 0.717) is 5.92 Å². The van der Waals surface area contributed by atoms with E-state index in [9.17, 15) is 0 Å². The number of benzene rings is 2. The Balaban J connectivity index is 1.73. The Kier molecular flexibility index (Phi) is 3.65. The van der Waals surface area contributed by atoms with Crippen LogP contribution < -0.4 is 5.32 Å². The molecule has 0 amide bonds. The predicted octanol–water partition coefficient (Wildman–Crippen LogP) is 3.81. The van der Waals surface area contributed by atoms with Crippen molar-refractivity contribution in [1.29, 1.82) is 0 Å². The molecule has 1 unspecified atom stereocenters. The summed E-state index contributed by atoms with van der Waals surface area (Å²) in [6, 6.07) is 17.6. The summed E-state index contributed by atoms with van der Waals surface area (Å²) in [7, 11) is 0. The molecule has 1 aliphatic heterocycles. The Morgan fingerprint density at radius 2 is 1.84 bits per heavy atom. The van der Waals surface area contributed by atoms with Gasteiger partial charge in [-0.2, -0.15) is 0 Å². The smallest absolute Gasteiger partial charge is 0.0208 e. The number of fused-ring (bicyclic) bond motifs is 1. The molecule has 2 aromatic carbocycles. The summed E-state index contributed by atoms with van der Waals surface area (Å²) < 4.78 is 0. The van der Waals surface area contributed by atoms with Crippen LogP contribution in [0, 0.1) is 6.92 Å². The molecular weight excluding hydrogens is 230 g/mol. The van der Waals surface area contributed by atoms with Crippen LogP contribution in [0.15, 0.2) is 48.5 Å². The van der Waals surface area contributed by atoms with E-state index in [1.54, 1.807) is 5.56 Å². The van der Waals surface area contributed by atoms with Crippen LogP contribution in [0.5, 0.6) is 0 Å². The Hall–Kier alpha value is -1.60. The monoisotopic (exact) mass is 251 g/mol. The summed E-state index contributed by atoms with van der Waals surface area (Å²) >= 11 is 0. The third kappa shape index (κ3) is 2.71. The zero-order valence-electron chi connectivity index (χ0n) is 11.5. The molecule has 1 atom stereocenters. The van der Waals surface area contributed by atoms with Crippen molar-refractivity contribution in [1.82, 2.24) is 5.32 Å². The summed E-state index contributed by atoms with van der Waals surface area (Å²) in [5.41, 5.74) is 5.93. The maximum absolute atomic E-state index is 3.54. The van der Waals surface area contributed by atoms with Gasteiger partial charge in [0.2, 0.25) is 0 Å². The summed E-state index contributed by atoms with van der Waals surface area (Å²) in [4.78, 5) is 0. The van der Waals surface area contributed by atoms with Crippen LogP contribution in [0.1, 0.15) is 34.6 Å². The molecular formula is C18H21N. The lowest BCUT2D eigenvalue weighted by atomic mass is 9.86. The highest BCUT2D eigenvalue weighted by molar-refractivity contribution is 5.33. The van der Waals surface area contributed by atoms with Gasteiger partial charge in [0.1, 0.15) is 0 Å². The summed E-state index contributed by atoms with van der Waals surface area (Å²) in [5, 5.41) is 3.54. The molecule has 1 N–H and O–H groups in total. The first kappa shape index (κ1) is 12.4. The van der Waals surface area contributed by atoms with E-state index in [1.807, 2.05) is 0 Å². The maximum atomic E-state index is 3.54. The quantitative estimate of drug-likeness (QED) is 0.874. The predicted molar refractivity (Wildman–Crippen MR) is 80.4 cm³/mol. The molecule has 2 aromatic rings. The van der Waals surface area contributed by atoms with E-state index in [2.05, 4.69) is 60.8 Å². The Morgan fingerprint density at radius 1 is 1.05 bits per heavy atom. The first-order chi connectivity index (χ1) is 9.34. The average Bonchev–Trinajstić information content (AvgIpc) is 2.46. The molecule has 98 valence electrons. The fraction of sp³-hybridized carbons (Fsp3) is 0.333. The number of hydrogen-bond donors (Lipinski definition) is 1. The van der Waals surface area contributed by atoms with E-state index >= 15 is 0 Å². The molecule has 19 heavy (non-hydrogen) atoms. The van der Waals surface area contributed by atoms with Crippen LogP contribution in [0.25, 0.3) is 0 Å². The van der Waals surface area contributed by atoms with Crippen molar-refractivity contribution in [3.8, 4) is 0 Å². The topological polar surface area (TPSA) is 12.0 Å². The van der Waals surface area contributed by atoms with E-state index in [4.69, 9.17) is 0 Å². The van der Waals surface area contributed by atoms with Gasteiger partial charge < -0.3 is 5.32 Å². The molecule has 3 rings (SSSR count). The molecule has 1 nitrogen and oxygen atoms in total. The van der Waals surface area contributed by atoms with Crippen LogP contribution in [-0.2, 0) is 13.0 Å². The van der Waals surface area contributed by atoms with Gasteiger partial charge in [-0.15, -0.1) is 0 Å². The van der Waals surface area contributed by atoms with Crippen molar-refractivity contribution in [2.45, 2.75) is 32.2 Å². The van der Waals surface area contributed by atoms with E-state index < -0.39 is 0 Å². The van der Waals surface area contributed by atoms with Gasteiger partial charge in [-0.1, -0.05) is 48.5 Å². The zero-order chi connectivity index (χ0) is 13.1. The first-order valence-electron chi connectivity index (χ1n) is 7.17. The molecule has 1 heteroatoms. The molecule has 0 saturated carbocycles. The summed E-state index contributed by atoms with van der Waals surface area (Å²) in [6.07, 6.45) is 2.40. The molecule has 0 radical (unpaired) electrons. The number of rotatable bonds is 3. The van der Waals surface area contributed by atoms with Crippen molar-refractivity contribution in [3.63, 3.8) is 0 Å². The van der Waals surface area contributed by atoms with Gasteiger partial charge in [-0.05, 0) is 47.9 Å². The number of nitrogens with one attached hydrogen (secondary N) is 1. The normalized spacial score (nSPS) is 18.1. The van der Waals surface area contributed by atoms with Crippen molar-refractivity contribution >= 4 is 0 Å². The first-order valence-corrected chi connectivity index (χ1v) is 7.17. The zero-order valence-corrected chi connectivity index (χ0v) is 11.5. The molecule has 0 aliphatic carbocycles. The fourth-order valence-corrected chi connectivity index (χ4v) is 3.06. The summed E-state index contributed by atoms with van der Waals surface area (Å²) in [5.74, 6) is 0.657. The minimum atomic E-state index is 0.657. The highest BCUT2D eigenvalue weighted by Gasteiger charge is 2.19. The summed E-state index contributed by atoms with van der Waals surface area (Å²) in [6.45, 7) is 4.35. The van der Waals surface area contributed by atoms with E-state index in [1.165, 1.54) is 29.5 Å². The van der Waals surface area contributed by atoms with Gasteiger partial charge in [-0.25, -0.2) is 0 Å². The highest BCUT2D eigenvalue weighted by atomic mass is 14.9. The standard InChI is InChI=1S/C18H21N/c1-14-6-2-3-7-15(14)10-11-17-13-19-12-16-8-4-5-9-18(16)17/h2-9,17,19H,10-13H2,1H3. The maximum Gasteiger partial charge on any atom is 0.0208 e. The van der Waals surface area contributed by atoms with Crippen LogP contribution >= 0.6 is 0 Å². The van der Waals surface area contributed by atoms with Crippen LogP contribution in [0.4, 0.5) is 0 Å². The van der Waals surface area contributed by atoms with Gasteiger partial charge in [0.05, 0.1) is 0 Å². The molecule has 0 bridgehead atoms. The second-order valence-electron chi connectivity index (χ2n) is 5.49. The van der Waals surface area contributed by atoms with Crippen LogP contribution in [-0.4, -0.2) is 6.54 Å². The van der Waals surface area contributed by atoms with Gasteiger partial charge in [0, 0.05) is 13.1 Å². The van der Waals surface area contributed by atoms with Crippen molar-refractivity contribution in [2.75, 3.05) is 6.54 Å². The van der Waals surface area contributed by atoms with Crippen molar-refractivity contribution in [2.24, 2.45) is 0 Å².